The third-order valence-electron chi connectivity index (χ3n) is 2.65. The highest BCUT2D eigenvalue weighted by atomic mass is 79.9. The first kappa shape index (κ1) is 13.7. The normalized spacial score (nSPS) is 11.2. The molecule has 2 rings (SSSR count). The van der Waals surface area contributed by atoms with Gasteiger partial charge in [0.25, 0.3) is 0 Å². The van der Waals surface area contributed by atoms with Crippen LogP contribution in [0.5, 0.6) is 0 Å². The Bertz CT molecular complexity index is 517. The summed E-state index contributed by atoms with van der Waals surface area (Å²) in [5, 5.41) is 4.54. The highest BCUT2D eigenvalue weighted by Gasteiger charge is 2.09. The van der Waals surface area contributed by atoms with Gasteiger partial charge in [-0.15, -0.1) is 11.3 Å². The fraction of sp³-hybridized carbons (Fsp3) is 0.357. The van der Waals surface area contributed by atoms with Crippen LogP contribution < -0.4 is 5.32 Å². The molecule has 1 aromatic carbocycles. The van der Waals surface area contributed by atoms with E-state index >= 15 is 0 Å². The Balaban J connectivity index is 2.20. The Morgan fingerprint density at radius 2 is 1.94 bits per heavy atom. The predicted molar refractivity (Wildman–Crippen MR) is 82.0 cm³/mol. The van der Waals surface area contributed by atoms with Gasteiger partial charge in [-0.25, -0.2) is 4.98 Å². The maximum Gasteiger partial charge on any atom is 0.123 e. The van der Waals surface area contributed by atoms with Crippen molar-refractivity contribution in [2.24, 2.45) is 0 Å². The Kier molecular flexibility index (Phi) is 4.54. The minimum absolute atomic E-state index is 0.502. The second-order valence-electron chi connectivity index (χ2n) is 4.57. The Morgan fingerprint density at radius 1 is 1.28 bits per heavy atom. The molecule has 0 spiro atoms. The number of rotatable bonds is 4. The molecule has 0 amide bonds. The van der Waals surface area contributed by atoms with Crippen molar-refractivity contribution < 1.29 is 0 Å². The first-order valence-corrected chi connectivity index (χ1v) is 7.63. The van der Waals surface area contributed by atoms with Crippen LogP contribution >= 0.6 is 27.3 Å². The zero-order chi connectivity index (χ0) is 13.1. The van der Waals surface area contributed by atoms with Crippen molar-refractivity contribution in [3.8, 4) is 10.6 Å². The highest BCUT2D eigenvalue weighted by molar-refractivity contribution is 9.10. The van der Waals surface area contributed by atoms with Gasteiger partial charge in [-0.3, -0.25) is 0 Å². The van der Waals surface area contributed by atoms with Gasteiger partial charge in [0.15, 0.2) is 0 Å². The van der Waals surface area contributed by atoms with Crippen molar-refractivity contribution >= 4 is 27.3 Å². The van der Waals surface area contributed by atoms with Crippen LogP contribution in [0.3, 0.4) is 0 Å². The third-order valence-corrected chi connectivity index (χ3v) is 4.39. The zero-order valence-electron chi connectivity index (χ0n) is 10.8. The van der Waals surface area contributed by atoms with Crippen LogP contribution in [0.25, 0.3) is 10.6 Å². The standard InChI is InChI=1S/C14H17BrN2S/c1-9(2)16-8-13-10(3)17-14(18-13)11-4-6-12(15)7-5-11/h4-7,9,16H,8H2,1-3H3. The monoisotopic (exact) mass is 324 g/mol. The molecule has 2 aromatic rings. The molecule has 18 heavy (non-hydrogen) atoms. The summed E-state index contributed by atoms with van der Waals surface area (Å²) in [6.07, 6.45) is 0. The number of hydrogen-bond acceptors (Lipinski definition) is 3. The minimum Gasteiger partial charge on any atom is -0.310 e. The Morgan fingerprint density at radius 3 is 2.56 bits per heavy atom. The van der Waals surface area contributed by atoms with Crippen LogP contribution in [0.2, 0.25) is 0 Å². The summed E-state index contributed by atoms with van der Waals surface area (Å²) in [4.78, 5) is 5.97. The van der Waals surface area contributed by atoms with Gasteiger partial charge >= 0.3 is 0 Å². The number of aromatic nitrogens is 1. The van der Waals surface area contributed by atoms with Gasteiger partial charge in [0.1, 0.15) is 5.01 Å². The summed E-state index contributed by atoms with van der Waals surface area (Å²) in [6, 6.07) is 8.81. The molecule has 0 unspecified atom stereocenters. The molecule has 0 aliphatic carbocycles. The summed E-state index contributed by atoms with van der Waals surface area (Å²) < 4.78 is 1.10. The average Bonchev–Trinajstić information content (AvgIpc) is 2.69. The lowest BCUT2D eigenvalue weighted by molar-refractivity contribution is 0.591. The highest BCUT2D eigenvalue weighted by Crippen LogP contribution is 2.28. The molecule has 0 aliphatic heterocycles. The van der Waals surface area contributed by atoms with Gasteiger partial charge in [0.2, 0.25) is 0 Å². The van der Waals surface area contributed by atoms with Crippen molar-refractivity contribution in [2.75, 3.05) is 0 Å². The summed E-state index contributed by atoms with van der Waals surface area (Å²) in [6.45, 7) is 7.30. The largest absolute Gasteiger partial charge is 0.310 e. The summed E-state index contributed by atoms with van der Waals surface area (Å²) in [5.74, 6) is 0. The lowest BCUT2D eigenvalue weighted by atomic mass is 10.2. The molecule has 0 saturated carbocycles. The van der Waals surface area contributed by atoms with Crippen molar-refractivity contribution in [3.05, 3.63) is 39.3 Å². The fourth-order valence-electron chi connectivity index (χ4n) is 1.60. The van der Waals surface area contributed by atoms with Crippen LogP contribution in [0.15, 0.2) is 28.7 Å². The summed E-state index contributed by atoms with van der Waals surface area (Å²) in [7, 11) is 0. The molecule has 96 valence electrons. The van der Waals surface area contributed by atoms with Crippen molar-refractivity contribution in [3.63, 3.8) is 0 Å². The lowest BCUT2D eigenvalue weighted by Crippen LogP contribution is -2.21. The molecular formula is C14H17BrN2S. The summed E-state index contributed by atoms with van der Waals surface area (Å²) >= 11 is 5.22. The number of thiazole rings is 1. The van der Waals surface area contributed by atoms with E-state index in [1.807, 2.05) is 0 Å². The van der Waals surface area contributed by atoms with Crippen molar-refractivity contribution in [2.45, 2.75) is 33.4 Å². The number of hydrogen-bond donors (Lipinski definition) is 1. The molecular weight excluding hydrogens is 308 g/mol. The van der Waals surface area contributed by atoms with E-state index in [9.17, 15) is 0 Å². The number of nitrogens with zero attached hydrogens (tertiary/aromatic N) is 1. The van der Waals surface area contributed by atoms with Crippen LogP contribution in [-0.4, -0.2) is 11.0 Å². The van der Waals surface area contributed by atoms with Gasteiger partial charge in [-0.1, -0.05) is 41.9 Å². The lowest BCUT2D eigenvalue weighted by Gasteiger charge is -2.05. The molecule has 0 bridgehead atoms. The van der Waals surface area contributed by atoms with E-state index in [0.717, 1.165) is 21.7 Å². The van der Waals surface area contributed by atoms with E-state index in [0.29, 0.717) is 6.04 Å². The van der Waals surface area contributed by atoms with Crippen LogP contribution in [0.1, 0.15) is 24.4 Å². The minimum atomic E-state index is 0.502. The number of aryl methyl sites for hydroxylation is 1. The van der Waals surface area contributed by atoms with Crippen LogP contribution in [-0.2, 0) is 6.54 Å². The number of benzene rings is 1. The maximum atomic E-state index is 4.65. The summed E-state index contributed by atoms with van der Waals surface area (Å²) in [5.41, 5.74) is 2.31. The van der Waals surface area contributed by atoms with Crippen LogP contribution in [0.4, 0.5) is 0 Å². The van der Waals surface area contributed by atoms with Crippen LogP contribution in [0, 0.1) is 6.92 Å². The van der Waals surface area contributed by atoms with Crippen molar-refractivity contribution in [1.29, 1.82) is 0 Å². The number of halogens is 1. The van der Waals surface area contributed by atoms with E-state index in [4.69, 9.17) is 0 Å². The Hall–Kier alpha value is -0.710. The van der Waals surface area contributed by atoms with Gasteiger partial charge in [-0.05, 0) is 19.1 Å². The molecule has 0 aliphatic rings. The Labute approximate surface area is 121 Å². The fourth-order valence-corrected chi connectivity index (χ4v) is 2.89. The molecule has 4 heteroatoms. The first-order valence-electron chi connectivity index (χ1n) is 6.02. The molecule has 1 aromatic heterocycles. The molecule has 0 atom stereocenters. The molecule has 1 heterocycles. The van der Waals surface area contributed by atoms with Gasteiger partial charge in [0.05, 0.1) is 5.69 Å². The quantitative estimate of drug-likeness (QED) is 0.902. The van der Waals surface area contributed by atoms with E-state index < -0.39 is 0 Å². The molecule has 2 nitrogen and oxygen atoms in total. The molecule has 0 saturated heterocycles. The topological polar surface area (TPSA) is 24.9 Å². The maximum absolute atomic E-state index is 4.65. The number of nitrogens with one attached hydrogen (secondary N) is 1. The molecule has 0 fully saturated rings. The van der Waals surface area contributed by atoms with Gasteiger partial charge in [-0.2, -0.15) is 0 Å². The van der Waals surface area contributed by atoms with Gasteiger partial charge < -0.3 is 5.32 Å². The van der Waals surface area contributed by atoms with E-state index in [2.05, 4.69) is 71.3 Å². The molecule has 0 radical (unpaired) electrons. The van der Waals surface area contributed by atoms with E-state index in [1.54, 1.807) is 11.3 Å². The SMILES string of the molecule is Cc1nc(-c2ccc(Br)cc2)sc1CNC(C)C. The van der Waals surface area contributed by atoms with Crippen molar-refractivity contribution in [1.82, 2.24) is 10.3 Å². The average molecular weight is 325 g/mol. The third kappa shape index (κ3) is 3.40. The second kappa shape index (κ2) is 5.95. The smallest absolute Gasteiger partial charge is 0.123 e. The van der Waals surface area contributed by atoms with Gasteiger partial charge in [0, 0.05) is 27.5 Å². The predicted octanol–water partition coefficient (Wildman–Crippen LogP) is 4.38. The second-order valence-corrected chi connectivity index (χ2v) is 6.57. The zero-order valence-corrected chi connectivity index (χ0v) is 13.2. The van der Waals surface area contributed by atoms with E-state index in [-0.39, 0.29) is 0 Å². The van der Waals surface area contributed by atoms with E-state index in [1.165, 1.54) is 10.4 Å². The first-order chi connectivity index (χ1) is 8.56. The molecule has 1 N–H and O–H groups in total.